The number of para-hydroxylation sites is 1. The van der Waals surface area contributed by atoms with Gasteiger partial charge in [-0.3, -0.25) is 0 Å². The van der Waals surface area contributed by atoms with Crippen LogP contribution in [0.2, 0.25) is 0 Å². The number of hydrogen-bond acceptors (Lipinski definition) is 5. The van der Waals surface area contributed by atoms with Gasteiger partial charge in [0.15, 0.2) is 0 Å². The number of nitriles is 3. The molecule has 6 aromatic carbocycles. The fraction of sp³-hybridized carbons (Fsp3) is 0. The third-order valence-electron chi connectivity index (χ3n) is 8.15. The second-order valence-electron chi connectivity index (χ2n) is 10.7. The van der Waals surface area contributed by atoms with E-state index >= 15 is 0 Å². The van der Waals surface area contributed by atoms with E-state index in [0.717, 1.165) is 49.8 Å². The second kappa shape index (κ2) is 9.97. The molecule has 0 aliphatic carbocycles. The van der Waals surface area contributed by atoms with Crippen LogP contribution in [-0.2, 0) is 0 Å². The highest BCUT2D eigenvalue weighted by Gasteiger charge is 2.17. The van der Waals surface area contributed by atoms with E-state index in [1.165, 1.54) is 20.2 Å². The molecule has 5 heteroatoms. The van der Waals surface area contributed by atoms with Crippen molar-refractivity contribution in [1.29, 1.82) is 15.8 Å². The van der Waals surface area contributed by atoms with Crippen LogP contribution in [0.25, 0.3) is 75.5 Å². The first-order valence-corrected chi connectivity index (χ1v) is 14.8. The molecule has 0 aliphatic heterocycles. The molecule has 2 heterocycles. The van der Waals surface area contributed by atoms with E-state index in [4.69, 9.17) is 4.42 Å². The Morgan fingerprint density at radius 1 is 0.455 bits per heavy atom. The quantitative estimate of drug-likeness (QED) is 0.209. The fourth-order valence-corrected chi connectivity index (χ4v) is 7.20. The molecule has 0 saturated heterocycles. The first-order chi connectivity index (χ1) is 21.6. The number of fused-ring (bicyclic) bond motifs is 6. The Morgan fingerprint density at radius 3 is 1.82 bits per heavy atom. The number of rotatable bonds is 3. The van der Waals surface area contributed by atoms with Crippen molar-refractivity contribution in [2.45, 2.75) is 0 Å². The van der Waals surface area contributed by atoms with Crippen LogP contribution in [0.3, 0.4) is 0 Å². The van der Waals surface area contributed by atoms with Gasteiger partial charge in [0.1, 0.15) is 11.2 Å². The summed E-state index contributed by atoms with van der Waals surface area (Å²) in [6, 6.07) is 44.9. The Hall–Kier alpha value is -6.19. The maximum Gasteiger partial charge on any atom is 0.136 e. The maximum atomic E-state index is 10.1. The Bertz CT molecular complexity index is 2570. The molecule has 0 aliphatic rings. The van der Waals surface area contributed by atoms with Gasteiger partial charge in [0.2, 0.25) is 0 Å². The molecule has 0 saturated carbocycles. The zero-order valence-electron chi connectivity index (χ0n) is 23.1. The van der Waals surface area contributed by atoms with Crippen molar-refractivity contribution in [2.24, 2.45) is 0 Å². The molecular formula is C39H19N3OS. The molecule has 0 N–H and O–H groups in total. The van der Waals surface area contributed by atoms with E-state index in [1.54, 1.807) is 23.5 Å². The summed E-state index contributed by atoms with van der Waals surface area (Å²) in [5.41, 5.74) is 7.58. The summed E-state index contributed by atoms with van der Waals surface area (Å²) in [6.07, 6.45) is 0. The van der Waals surface area contributed by atoms with E-state index in [9.17, 15) is 15.8 Å². The average Bonchev–Trinajstić information content (AvgIpc) is 3.64. The van der Waals surface area contributed by atoms with E-state index in [1.807, 2.05) is 36.4 Å². The van der Waals surface area contributed by atoms with Crippen LogP contribution in [0.4, 0.5) is 0 Å². The predicted octanol–water partition coefficient (Wildman–Crippen LogP) is 10.6. The predicted molar refractivity (Wildman–Crippen MR) is 177 cm³/mol. The summed E-state index contributed by atoms with van der Waals surface area (Å²) in [6.45, 7) is 0. The van der Waals surface area contributed by atoms with Gasteiger partial charge < -0.3 is 4.42 Å². The average molecular weight is 578 g/mol. The lowest BCUT2D eigenvalue weighted by molar-refractivity contribution is 0.669. The highest BCUT2D eigenvalue weighted by molar-refractivity contribution is 7.25. The van der Waals surface area contributed by atoms with Crippen molar-refractivity contribution in [3.05, 3.63) is 132 Å². The number of nitrogens with zero attached hydrogens (tertiary/aromatic N) is 3. The standard InChI is InChI=1S/C39H19N3OS/c40-20-23-13-29(21-41)39(30(14-23)22-42)28-16-26(24-10-12-38-34(18-24)33-6-2-4-8-37(33)44-38)15-27(17-28)25-9-11-32-31-5-1-3-7-35(31)43-36(32)19-25/h1-19H. The van der Waals surface area contributed by atoms with E-state index < -0.39 is 0 Å². The molecule has 8 rings (SSSR count). The van der Waals surface area contributed by atoms with Gasteiger partial charge >= 0.3 is 0 Å². The minimum absolute atomic E-state index is 0.281. The van der Waals surface area contributed by atoms with Crippen molar-refractivity contribution in [3.63, 3.8) is 0 Å². The molecule has 2 aromatic heterocycles. The van der Waals surface area contributed by atoms with Crippen LogP contribution in [0, 0.1) is 34.0 Å². The molecule has 202 valence electrons. The van der Waals surface area contributed by atoms with Crippen molar-refractivity contribution in [2.75, 3.05) is 0 Å². The first-order valence-electron chi connectivity index (χ1n) is 14.0. The number of benzene rings is 6. The van der Waals surface area contributed by atoms with E-state index in [2.05, 4.69) is 84.9 Å². The lowest BCUT2D eigenvalue weighted by Gasteiger charge is -2.14. The maximum absolute atomic E-state index is 10.1. The van der Waals surface area contributed by atoms with Crippen LogP contribution >= 0.6 is 11.3 Å². The minimum Gasteiger partial charge on any atom is -0.456 e. The molecule has 4 nitrogen and oxygen atoms in total. The van der Waals surface area contributed by atoms with Gasteiger partial charge in [-0.25, -0.2) is 0 Å². The molecule has 0 amide bonds. The number of furan rings is 1. The van der Waals surface area contributed by atoms with Crippen LogP contribution in [-0.4, -0.2) is 0 Å². The first kappa shape index (κ1) is 25.5. The van der Waals surface area contributed by atoms with Gasteiger partial charge in [0, 0.05) is 36.5 Å². The largest absolute Gasteiger partial charge is 0.456 e. The molecule has 8 aromatic rings. The molecule has 0 fully saturated rings. The molecule has 0 radical (unpaired) electrons. The van der Waals surface area contributed by atoms with Gasteiger partial charge in [0.25, 0.3) is 0 Å². The summed E-state index contributed by atoms with van der Waals surface area (Å²) in [5, 5.41) is 34.2. The monoisotopic (exact) mass is 577 g/mol. The summed E-state index contributed by atoms with van der Waals surface area (Å²) in [4.78, 5) is 0. The lowest BCUT2D eigenvalue weighted by Crippen LogP contribution is -1.94. The van der Waals surface area contributed by atoms with Crippen molar-refractivity contribution < 1.29 is 4.42 Å². The second-order valence-corrected chi connectivity index (χ2v) is 11.8. The molecule has 0 bridgehead atoms. The van der Waals surface area contributed by atoms with E-state index in [0.29, 0.717) is 5.56 Å². The molecule has 0 unspecified atom stereocenters. The van der Waals surface area contributed by atoms with Gasteiger partial charge in [-0.1, -0.05) is 48.5 Å². The molecule has 0 spiro atoms. The van der Waals surface area contributed by atoms with Gasteiger partial charge in [-0.2, -0.15) is 15.8 Å². The topological polar surface area (TPSA) is 84.5 Å². The minimum atomic E-state index is 0.281. The molecular weight excluding hydrogens is 559 g/mol. The van der Waals surface area contributed by atoms with Crippen molar-refractivity contribution >= 4 is 53.4 Å². The number of thiophene rings is 1. The lowest BCUT2D eigenvalue weighted by atomic mass is 9.88. The zero-order chi connectivity index (χ0) is 29.8. The third kappa shape index (κ3) is 4.03. The van der Waals surface area contributed by atoms with Crippen molar-refractivity contribution in [1.82, 2.24) is 0 Å². The Morgan fingerprint density at radius 2 is 1.07 bits per heavy atom. The summed E-state index contributed by atoms with van der Waals surface area (Å²) < 4.78 is 8.66. The van der Waals surface area contributed by atoms with Crippen LogP contribution < -0.4 is 0 Å². The Labute approximate surface area is 256 Å². The van der Waals surface area contributed by atoms with Crippen molar-refractivity contribution in [3.8, 4) is 51.6 Å². The summed E-state index contributed by atoms with van der Waals surface area (Å²) in [5.74, 6) is 0. The highest BCUT2D eigenvalue weighted by Crippen LogP contribution is 2.40. The fourth-order valence-electron chi connectivity index (χ4n) is 6.11. The summed E-state index contributed by atoms with van der Waals surface area (Å²) >= 11 is 1.77. The van der Waals surface area contributed by atoms with Gasteiger partial charge in [-0.15, -0.1) is 11.3 Å². The van der Waals surface area contributed by atoms with E-state index in [-0.39, 0.29) is 16.7 Å². The Balaban J connectivity index is 1.39. The van der Waals surface area contributed by atoms with Crippen LogP contribution in [0.1, 0.15) is 16.7 Å². The molecule has 44 heavy (non-hydrogen) atoms. The normalized spacial score (nSPS) is 11.1. The SMILES string of the molecule is N#Cc1cc(C#N)c(-c2cc(-c3ccc4c(c3)oc3ccccc34)cc(-c3ccc4sc5ccccc5c4c3)c2)c(C#N)c1. The van der Waals surface area contributed by atoms with Crippen LogP contribution in [0.5, 0.6) is 0 Å². The third-order valence-corrected chi connectivity index (χ3v) is 9.30. The smallest absolute Gasteiger partial charge is 0.136 e. The molecule has 0 atom stereocenters. The Kier molecular flexibility index (Phi) is 5.78. The number of hydrogen-bond donors (Lipinski definition) is 0. The van der Waals surface area contributed by atoms with Gasteiger partial charge in [-0.05, 0) is 94.5 Å². The zero-order valence-corrected chi connectivity index (χ0v) is 23.9. The highest BCUT2D eigenvalue weighted by atomic mass is 32.1. The van der Waals surface area contributed by atoms with Gasteiger partial charge in [0.05, 0.1) is 34.9 Å². The summed E-state index contributed by atoms with van der Waals surface area (Å²) in [7, 11) is 0. The van der Waals surface area contributed by atoms with Crippen LogP contribution in [0.15, 0.2) is 120 Å².